The third-order valence-electron chi connectivity index (χ3n) is 5.73. The van der Waals surface area contributed by atoms with Crippen molar-refractivity contribution in [2.75, 3.05) is 4.90 Å². The number of aromatic nitrogens is 2. The van der Waals surface area contributed by atoms with Gasteiger partial charge in [-0.2, -0.15) is 0 Å². The first kappa shape index (κ1) is 20.4. The van der Waals surface area contributed by atoms with Gasteiger partial charge in [0.1, 0.15) is 22.6 Å². The van der Waals surface area contributed by atoms with Crippen LogP contribution in [0.3, 0.4) is 0 Å². The van der Waals surface area contributed by atoms with E-state index in [9.17, 15) is 14.7 Å². The number of rotatable bonds is 3. The Bertz CT molecular complexity index is 1280. The smallest absolute Gasteiger partial charge is 0.301 e. The number of ketones is 1. The van der Waals surface area contributed by atoms with Crippen LogP contribution in [-0.2, 0) is 16.0 Å². The van der Waals surface area contributed by atoms with Crippen LogP contribution in [0.15, 0.2) is 48.0 Å². The van der Waals surface area contributed by atoms with Crippen LogP contribution in [0.1, 0.15) is 40.2 Å². The average Bonchev–Trinajstić information content (AvgIpc) is 3.43. The molecule has 2 aliphatic rings. The minimum atomic E-state index is -0.800. The Morgan fingerprint density at radius 1 is 1.12 bits per heavy atom. The average molecular weight is 448 g/mol. The summed E-state index contributed by atoms with van der Waals surface area (Å²) in [7, 11) is 0. The van der Waals surface area contributed by atoms with Crippen molar-refractivity contribution in [1.82, 2.24) is 10.2 Å². The van der Waals surface area contributed by atoms with Crippen molar-refractivity contribution < 1.29 is 19.4 Å². The molecule has 32 heavy (non-hydrogen) atoms. The Morgan fingerprint density at radius 3 is 2.56 bits per heavy atom. The molecule has 5 rings (SSSR count). The first-order chi connectivity index (χ1) is 15.3. The fourth-order valence-corrected chi connectivity index (χ4v) is 4.92. The molecule has 1 aromatic heterocycles. The van der Waals surface area contributed by atoms with Crippen molar-refractivity contribution in [3.63, 3.8) is 0 Å². The number of carbonyl (C=O) groups excluding carboxylic acids is 2. The molecule has 2 aromatic carbocycles. The van der Waals surface area contributed by atoms with Crippen LogP contribution < -0.4 is 9.64 Å². The molecule has 0 bridgehead atoms. The Kier molecular flexibility index (Phi) is 4.82. The number of Topliss-reactive ketones (excluding diaryl/α,β-unsaturated/α-hetero) is 1. The van der Waals surface area contributed by atoms with Crippen molar-refractivity contribution in [2.24, 2.45) is 0 Å². The van der Waals surface area contributed by atoms with Gasteiger partial charge in [0.05, 0.1) is 11.6 Å². The highest BCUT2D eigenvalue weighted by Gasteiger charge is 2.48. The van der Waals surface area contributed by atoms with E-state index in [2.05, 4.69) is 10.2 Å². The number of aryl methyl sites for hydroxylation is 2. The van der Waals surface area contributed by atoms with Crippen molar-refractivity contribution in [3.05, 3.63) is 75.3 Å². The molecule has 0 aliphatic carbocycles. The van der Waals surface area contributed by atoms with E-state index in [0.29, 0.717) is 21.3 Å². The molecule has 7 nitrogen and oxygen atoms in total. The highest BCUT2D eigenvalue weighted by Crippen LogP contribution is 2.43. The van der Waals surface area contributed by atoms with Gasteiger partial charge in [-0.3, -0.25) is 14.5 Å². The van der Waals surface area contributed by atoms with Gasteiger partial charge in [0.25, 0.3) is 5.78 Å². The molecule has 1 N–H and O–H groups in total. The third kappa shape index (κ3) is 3.27. The van der Waals surface area contributed by atoms with Gasteiger partial charge >= 0.3 is 5.91 Å². The predicted octanol–water partition coefficient (Wildman–Crippen LogP) is 4.10. The first-order valence-corrected chi connectivity index (χ1v) is 11.1. The molecule has 0 radical (unpaired) electrons. The van der Waals surface area contributed by atoms with E-state index in [1.807, 2.05) is 44.2 Å². The van der Waals surface area contributed by atoms with Gasteiger partial charge < -0.3 is 9.84 Å². The molecule has 162 valence electrons. The van der Waals surface area contributed by atoms with E-state index < -0.39 is 17.7 Å². The second-order valence-corrected chi connectivity index (χ2v) is 9.30. The SMILES string of the molecule is Cc1ccc(C2/C(=C(\O)c3ccc4c(c3)CC(C)O4)C(=O)C(=O)N2c2nnc(C)s2)cc1. The summed E-state index contributed by atoms with van der Waals surface area (Å²) in [5.74, 6) is -0.911. The summed E-state index contributed by atoms with van der Waals surface area (Å²) in [6, 6.07) is 12.1. The molecule has 8 heteroatoms. The summed E-state index contributed by atoms with van der Waals surface area (Å²) in [6.45, 7) is 5.72. The lowest BCUT2D eigenvalue weighted by atomic mass is 9.94. The summed E-state index contributed by atoms with van der Waals surface area (Å²) in [5, 5.41) is 20.4. The highest BCUT2D eigenvalue weighted by molar-refractivity contribution is 7.15. The number of hydrogen-bond acceptors (Lipinski definition) is 7. The molecular weight excluding hydrogens is 426 g/mol. The first-order valence-electron chi connectivity index (χ1n) is 10.3. The zero-order chi connectivity index (χ0) is 22.6. The van der Waals surface area contributed by atoms with Crippen LogP contribution in [0.2, 0.25) is 0 Å². The zero-order valence-corrected chi connectivity index (χ0v) is 18.6. The van der Waals surface area contributed by atoms with E-state index in [1.54, 1.807) is 19.1 Å². The van der Waals surface area contributed by atoms with Crippen LogP contribution in [0, 0.1) is 13.8 Å². The van der Waals surface area contributed by atoms with E-state index in [1.165, 1.54) is 16.2 Å². The lowest BCUT2D eigenvalue weighted by Crippen LogP contribution is -2.29. The number of benzene rings is 2. The molecule has 1 fully saturated rings. The van der Waals surface area contributed by atoms with Gasteiger partial charge in [-0.25, -0.2) is 0 Å². The minimum Gasteiger partial charge on any atom is -0.507 e. The molecule has 3 heterocycles. The van der Waals surface area contributed by atoms with E-state index in [-0.39, 0.29) is 17.4 Å². The van der Waals surface area contributed by atoms with Crippen LogP contribution in [0.5, 0.6) is 5.75 Å². The summed E-state index contributed by atoms with van der Waals surface area (Å²) >= 11 is 1.23. The number of aliphatic hydroxyl groups is 1. The maximum absolute atomic E-state index is 13.2. The molecule has 2 aliphatic heterocycles. The van der Waals surface area contributed by atoms with E-state index >= 15 is 0 Å². The molecule has 3 aromatic rings. The molecule has 0 spiro atoms. The number of anilines is 1. The molecule has 0 saturated carbocycles. The summed E-state index contributed by atoms with van der Waals surface area (Å²) in [6.07, 6.45) is 0.775. The number of amides is 1. The van der Waals surface area contributed by atoms with E-state index in [4.69, 9.17) is 4.74 Å². The topological polar surface area (TPSA) is 92.6 Å². The number of aliphatic hydroxyl groups excluding tert-OH is 1. The monoisotopic (exact) mass is 447 g/mol. The second kappa shape index (κ2) is 7.56. The van der Waals surface area contributed by atoms with E-state index in [0.717, 1.165) is 23.3 Å². The maximum Gasteiger partial charge on any atom is 0.301 e. The fourth-order valence-electron chi connectivity index (χ4n) is 4.20. The van der Waals surface area contributed by atoms with Gasteiger partial charge in [0.2, 0.25) is 5.13 Å². The highest BCUT2D eigenvalue weighted by atomic mass is 32.1. The lowest BCUT2D eigenvalue weighted by Gasteiger charge is -2.22. The van der Waals surface area contributed by atoms with Crippen molar-refractivity contribution in [1.29, 1.82) is 0 Å². The minimum absolute atomic E-state index is 0.0404. The Morgan fingerprint density at radius 2 is 1.88 bits per heavy atom. The molecule has 1 saturated heterocycles. The summed E-state index contributed by atoms with van der Waals surface area (Å²) < 4.78 is 5.74. The quantitative estimate of drug-likeness (QED) is 0.369. The van der Waals surface area contributed by atoms with Gasteiger partial charge in [-0.1, -0.05) is 41.2 Å². The van der Waals surface area contributed by atoms with Crippen molar-refractivity contribution in [2.45, 2.75) is 39.3 Å². The lowest BCUT2D eigenvalue weighted by molar-refractivity contribution is -0.132. The largest absolute Gasteiger partial charge is 0.507 e. The standard InChI is InChI=1S/C24H21N3O4S/c1-12-4-6-15(7-5-12)20-19(22(29)23(30)27(20)24-26-25-14(3)32-24)21(28)16-8-9-18-17(11-16)10-13(2)31-18/h4-9,11,13,20,28H,10H2,1-3H3/b21-19+. The second-order valence-electron chi connectivity index (χ2n) is 8.14. The van der Waals surface area contributed by atoms with Crippen LogP contribution in [-0.4, -0.2) is 33.1 Å². The predicted molar refractivity (Wildman–Crippen MR) is 121 cm³/mol. The normalized spacial score (nSPS) is 21.7. The maximum atomic E-state index is 13.2. The number of nitrogens with zero attached hydrogens (tertiary/aromatic N) is 3. The van der Waals surface area contributed by atoms with Gasteiger partial charge in [0.15, 0.2) is 0 Å². The summed E-state index contributed by atoms with van der Waals surface area (Å²) in [5.41, 5.74) is 3.23. The number of ether oxygens (including phenoxy) is 1. The number of fused-ring (bicyclic) bond motifs is 1. The molecule has 2 atom stereocenters. The third-order valence-corrected chi connectivity index (χ3v) is 6.57. The van der Waals surface area contributed by atoms with Crippen LogP contribution >= 0.6 is 11.3 Å². The Labute approximate surface area is 189 Å². The van der Waals surface area contributed by atoms with Crippen molar-refractivity contribution in [3.8, 4) is 5.75 Å². The fraction of sp³-hybridized carbons (Fsp3) is 0.250. The van der Waals surface area contributed by atoms with Crippen LogP contribution in [0.25, 0.3) is 5.76 Å². The Hall–Kier alpha value is -3.52. The van der Waals surface area contributed by atoms with Gasteiger partial charge in [-0.05, 0) is 50.1 Å². The molecule has 1 amide bonds. The number of hydrogen-bond donors (Lipinski definition) is 1. The zero-order valence-electron chi connectivity index (χ0n) is 17.8. The van der Waals surface area contributed by atoms with Gasteiger partial charge in [-0.15, -0.1) is 10.2 Å². The number of carbonyl (C=O) groups is 2. The summed E-state index contributed by atoms with van der Waals surface area (Å²) in [4.78, 5) is 27.6. The molecular formula is C24H21N3O4S. The van der Waals surface area contributed by atoms with Crippen molar-refractivity contribution >= 4 is 33.9 Å². The van der Waals surface area contributed by atoms with Crippen LogP contribution in [0.4, 0.5) is 5.13 Å². The van der Waals surface area contributed by atoms with Gasteiger partial charge in [0, 0.05) is 12.0 Å². The Balaban J connectivity index is 1.68. The molecule has 2 unspecified atom stereocenters.